The smallest absolute Gasteiger partial charge is 0.290 e. The van der Waals surface area contributed by atoms with Gasteiger partial charge in [0.2, 0.25) is 5.76 Å². The van der Waals surface area contributed by atoms with Crippen molar-refractivity contribution in [2.24, 2.45) is 0 Å². The first-order chi connectivity index (χ1) is 4.72. The number of rotatable bonds is 1. The number of oxazole rings is 1. The van der Waals surface area contributed by atoms with E-state index in [4.69, 9.17) is 4.42 Å². The summed E-state index contributed by atoms with van der Waals surface area (Å²) in [4.78, 5) is 16.0. The predicted octanol–water partition coefficient (Wildman–Crippen LogP) is 0.376. The van der Waals surface area contributed by atoms with E-state index in [1.165, 1.54) is 17.5 Å². The van der Waals surface area contributed by atoms with Crippen molar-refractivity contribution in [2.45, 2.75) is 0 Å². The Bertz CT molecular complexity index is 216. The summed E-state index contributed by atoms with van der Waals surface area (Å²) in [5, 5.41) is 0. The minimum Gasteiger partial charge on any atom is -0.438 e. The molecule has 10 heavy (non-hydrogen) atoms. The van der Waals surface area contributed by atoms with E-state index in [9.17, 15) is 4.79 Å². The summed E-state index contributed by atoms with van der Waals surface area (Å²) in [6, 6.07) is 0. The average molecular weight is 140 g/mol. The third-order valence-corrected chi connectivity index (χ3v) is 1.05. The van der Waals surface area contributed by atoms with Crippen LogP contribution >= 0.6 is 0 Å². The summed E-state index contributed by atoms with van der Waals surface area (Å²) < 4.78 is 4.75. The molecule has 4 heteroatoms. The Labute approximate surface area is 58.5 Å². The second-order valence-corrected chi connectivity index (χ2v) is 2.07. The van der Waals surface area contributed by atoms with Crippen molar-refractivity contribution in [2.75, 3.05) is 14.1 Å². The molecule has 0 radical (unpaired) electrons. The number of carbonyl (C=O) groups is 1. The number of nitrogens with zero attached hydrogens (tertiary/aromatic N) is 2. The number of amides is 1. The molecule has 54 valence electrons. The van der Waals surface area contributed by atoms with Gasteiger partial charge in [-0.3, -0.25) is 4.79 Å². The monoisotopic (exact) mass is 140 g/mol. The zero-order valence-electron chi connectivity index (χ0n) is 5.87. The second kappa shape index (κ2) is 2.51. The van der Waals surface area contributed by atoms with Crippen LogP contribution in [0.2, 0.25) is 0 Å². The maximum atomic E-state index is 11.0. The van der Waals surface area contributed by atoms with E-state index in [1.807, 2.05) is 0 Å². The normalized spacial score (nSPS) is 9.40. The average Bonchev–Trinajstić information content (AvgIpc) is 2.36. The van der Waals surface area contributed by atoms with Crippen LogP contribution in [0.1, 0.15) is 10.6 Å². The zero-order chi connectivity index (χ0) is 7.56. The Hall–Kier alpha value is -1.32. The Balaban J connectivity index is 2.78. The van der Waals surface area contributed by atoms with Crippen LogP contribution in [0, 0.1) is 0 Å². The first kappa shape index (κ1) is 6.80. The molecule has 4 nitrogen and oxygen atoms in total. The summed E-state index contributed by atoms with van der Waals surface area (Å²) in [5.41, 5.74) is 0. The van der Waals surface area contributed by atoms with Crippen molar-refractivity contribution < 1.29 is 9.21 Å². The minimum atomic E-state index is -0.169. The highest BCUT2D eigenvalue weighted by molar-refractivity contribution is 5.90. The van der Waals surface area contributed by atoms with Crippen molar-refractivity contribution in [3.8, 4) is 0 Å². The lowest BCUT2D eigenvalue weighted by atomic mass is 10.4. The molecule has 1 heterocycles. The van der Waals surface area contributed by atoms with Gasteiger partial charge >= 0.3 is 0 Å². The molecule has 0 fully saturated rings. The Kier molecular flexibility index (Phi) is 1.71. The van der Waals surface area contributed by atoms with Gasteiger partial charge in [0.1, 0.15) is 0 Å². The largest absolute Gasteiger partial charge is 0.438 e. The summed E-state index contributed by atoms with van der Waals surface area (Å²) in [6.07, 6.45) is 2.62. The molecule has 0 aliphatic heterocycles. The topological polar surface area (TPSA) is 46.3 Å². The molecule has 0 aliphatic carbocycles. The molecule has 0 aliphatic rings. The standard InChI is InChI=1S/C6H8N2O2/c1-8(2)6(9)5-3-7-4-10-5/h3-4H,1-2H3. The summed E-state index contributed by atoms with van der Waals surface area (Å²) >= 11 is 0. The number of hydrogen-bond acceptors (Lipinski definition) is 3. The van der Waals surface area contributed by atoms with Gasteiger partial charge in [-0.05, 0) is 0 Å². The van der Waals surface area contributed by atoms with Gasteiger partial charge in [-0.1, -0.05) is 0 Å². The van der Waals surface area contributed by atoms with Crippen LogP contribution in [0.15, 0.2) is 17.0 Å². The third-order valence-electron chi connectivity index (χ3n) is 1.05. The highest BCUT2D eigenvalue weighted by Gasteiger charge is 2.09. The predicted molar refractivity (Wildman–Crippen MR) is 34.5 cm³/mol. The van der Waals surface area contributed by atoms with Crippen LogP contribution in [-0.4, -0.2) is 29.9 Å². The molecule has 1 aromatic rings. The van der Waals surface area contributed by atoms with E-state index >= 15 is 0 Å². The number of hydrogen-bond donors (Lipinski definition) is 0. The molecule has 0 bridgehead atoms. The zero-order valence-corrected chi connectivity index (χ0v) is 5.87. The van der Waals surface area contributed by atoms with Crippen molar-refractivity contribution >= 4 is 5.91 Å². The molecule has 0 atom stereocenters. The lowest BCUT2D eigenvalue weighted by Gasteiger charge is -2.05. The van der Waals surface area contributed by atoms with Crippen molar-refractivity contribution in [3.05, 3.63) is 18.4 Å². The molecule has 1 amide bonds. The first-order valence-electron chi connectivity index (χ1n) is 2.82. The van der Waals surface area contributed by atoms with Crippen molar-refractivity contribution in [1.29, 1.82) is 0 Å². The Morgan fingerprint density at radius 2 is 2.40 bits per heavy atom. The molecular weight excluding hydrogens is 132 g/mol. The van der Waals surface area contributed by atoms with E-state index < -0.39 is 0 Å². The quantitative estimate of drug-likeness (QED) is 0.566. The number of aromatic nitrogens is 1. The van der Waals surface area contributed by atoms with Gasteiger partial charge in [-0.15, -0.1) is 0 Å². The van der Waals surface area contributed by atoms with Gasteiger partial charge in [-0.2, -0.15) is 0 Å². The fraction of sp³-hybridized carbons (Fsp3) is 0.333. The van der Waals surface area contributed by atoms with Gasteiger partial charge in [0.15, 0.2) is 6.39 Å². The fourth-order valence-electron chi connectivity index (χ4n) is 0.542. The van der Waals surface area contributed by atoms with Gasteiger partial charge in [0.05, 0.1) is 6.20 Å². The Morgan fingerprint density at radius 1 is 1.70 bits per heavy atom. The molecule has 0 saturated heterocycles. The van der Waals surface area contributed by atoms with Gasteiger partial charge in [-0.25, -0.2) is 4.98 Å². The fourth-order valence-corrected chi connectivity index (χ4v) is 0.542. The summed E-state index contributed by atoms with van der Waals surface area (Å²) in [7, 11) is 3.32. The SMILES string of the molecule is CN(C)C(=O)c1cnco1. The van der Waals surface area contributed by atoms with E-state index in [0.717, 1.165) is 0 Å². The first-order valence-corrected chi connectivity index (χ1v) is 2.82. The Morgan fingerprint density at radius 3 is 2.80 bits per heavy atom. The van der Waals surface area contributed by atoms with E-state index in [1.54, 1.807) is 14.1 Å². The second-order valence-electron chi connectivity index (χ2n) is 2.07. The van der Waals surface area contributed by atoms with Crippen LogP contribution in [0.25, 0.3) is 0 Å². The molecule has 0 spiro atoms. The molecule has 1 rings (SSSR count). The summed E-state index contributed by atoms with van der Waals surface area (Å²) in [5.74, 6) is 0.0995. The van der Waals surface area contributed by atoms with E-state index in [-0.39, 0.29) is 11.7 Å². The maximum absolute atomic E-state index is 11.0. The van der Waals surface area contributed by atoms with Crippen LogP contribution in [0.3, 0.4) is 0 Å². The highest BCUT2D eigenvalue weighted by atomic mass is 16.3. The van der Waals surface area contributed by atoms with Crippen LogP contribution < -0.4 is 0 Å². The summed E-state index contributed by atoms with van der Waals surface area (Å²) in [6.45, 7) is 0. The van der Waals surface area contributed by atoms with E-state index in [2.05, 4.69) is 4.98 Å². The van der Waals surface area contributed by atoms with Crippen molar-refractivity contribution in [1.82, 2.24) is 9.88 Å². The van der Waals surface area contributed by atoms with Gasteiger partial charge in [0, 0.05) is 14.1 Å². The molecule has 0 aromatic carbocycles. The van der Waals surface area contributed by atoms with Gasteiger partial charge < -0.3 is 9.32 Å². The lowest BCUT2D eigenvalue weighted by molar-refractivity contribution is 0.0797. The van der Waals surface area contributed by atoms with Crippen LogP contribution in [0.4, 0.5) is 0 Å². The van der Waals surface area contributed by atoms with Crippen molar-refractivity contribution in [3.63, 3.8) is 0 Å². The molecule has 0 N–H and O–H groups in total. The highest BCUT2D eigenvalue weighted by Crippen LogP contribution is 1.98. The molecule has 1 aromatic heterocycles. The van der Waals surface area contributed by atoms with Crippen LogP contribution in [-0.2, 0) is 0 Å². The maximum Gasteiger partial charge on any atom is 0.290 e. The number of carbonyl (C=O) groups excluding carboxylic acids is 1. The van der Waals surface area contributed by atoms with Crippen LogP contribution in [0.5, 0.6) is 0 Å². The van der Waals surface area contributed by atoms with E-state index in [0.29, 0.717) is 0 Å². The molecular formula is C6H8N2O2. The lowest BCUT2D eigenvalue weighted by Crippen LogP contribution is -2.20. The molecule has 0 saturated carbocycles. The minimum absolute atomic E-state index is 0.169. The van der Waals surface area contributed by atoms with Gasteiger partial charge in [0.25, 0.3) is 5.91 Å². The molecule has 0 unspecified atom stereocenters. The third kappa shape index (κ3) is 1.15.